The number of carbonyl (C=O) groups excluding carboxylic acids is 1. The number of alkyl halides is 3. The third-order valence-corrected chi connectivity index (χ3v) is 3.68. The van der Waals surface area contributed by atoms with E-state index in [0.29, 0.717) is 6.54 Å². The molecule has 0 atom stereocenters. The summed E-state index contributed by atoms with van der Waals surface area (Å²) < 4.78 is 40.0. The Hall–Kier alpha value is -2.81. The normalized spacial score (nSPS) is 11.5. The summed E-state index contributed by atoms with van der Waals surface area (Å²) in [6, 6.07) is 10.3. The first-order valence-corrected chi connectivity index (χ1v) is 7.86. The van der Waals surface area contributed by atoms with Crippen LogP contribution in [0.4, 0.5) is 19.0 Å². The van der Waals surface area contributed by atoms with Gasteiger partial charge in [-0.1, -0.05) is 41.9 Å². The fourth-order valence-electron chi connectivity index (χ4n) is 2.25. The van der Waals surface area contributed by atoms with Gasteiger partial charge in [0.05, 0.1) is 6.54 Å². The van der Waals surface area contributed by atoms with Crippen LogP contribution in [0.1, 0.15) is 11.3 Å². The SMILES string of the molecule is O=C(Cn1ccc(C(F)(F)F)n1)Nc1nn(Cc2ccccc2)cc1Cl. The van der Waals surface area contributed by atoms with E-state index >= 15 is 0 Å². The highest BCUT2D eigenvalue weighted by Gasteiger charge is 2.33. The standard InChI is InChI=1S/C16H13ClF3N5O/c17-12-9-25(8-11-4-2-1-3-5-11)23-15(12)21-14(26)10-24-7-6-13(22-24)16(18,19)20/h1-7,9H,8,10H2,(H,21,23,26). The molecule has 1 N–H and O–H groups in total. The molecular weight excluding hydrogens is 371 g/mol. The number of nitrogens with zero attached hydrogens (tertiary/aromatic N) is 4. The molecule has 3 aromatic rings. The molecule has 0 unspecified atom stereocenters. The average molecular weight is 384 g/mol. The van der Waals surface area contributed by atoms with Crippen LogP contribution in [0.15, 0.2) is 48.8 Å². The minimum absolute atomic E-state index is 0.135. The number of halogens is 4. The van der Waals surface area contributed by atoms with E-state index in [4.69, 9.17) is 11.6 Å². The zero-order chi connectivity index (χ0) is 18.7. The third-order valence-electron chi connectivity index (χ3n) is 3.40. The van der Waals surface area contributed by atoms with Gasteiger partial charge < -0.3 is 5.32 Å². The van der Waals surface area contributed by atoms with Gasteiger partial charge in [0.1, 0.15) is 11.6 Å². The lowest BCUT2D eigenvalue weighted by molar-refractivity contribution is -0.141. The Morgan fingerprint density at radius 3 is 2.50 bits per heavy atom. The average Bonchev–Trinajstić information content (AvgIpc) is 3.15. The second-order valence-electron chi connectivity index (χ2n) is 5.45. The Bertz CT molecular complexity index is 904. The molecular formula is C16H13ClF3N5O. The van der Waals surface area contributed by atoms with Gasteiger partial charge in [-0.2, -0.15) is 23.4 Å². The molecule has 1 aromatic carbocycles. The highest BCUT2D eigenvalue weighted by Crippen LogP contribution is 2.27. The van der Waals surface area contributed by atoms with E-state index in [9.17, 15) is 18.0 Å². The molecule has 26 heavy (non-hydrogen) atoms. The fraction of sp³-hybridized carbons (Fsp3) is 0.188. The van der Waals surface area contributed by atoms with Crippen molar-refractivity contribution in [1.82, 2.24) is 19.6 Å². The number of carbonyl (C=O) groups is 1. The number of hydrogen-bond donors (Lipinski definition) is 1. The minimum atomic E-state index is -4.55. The van der Waals surface area contributed by atoms with Crippen LogP contribution in [0, 0.1) is 0 Å². The van der Waals surface area contributed by atoms with E-state index < -0.39 is 24.3 Å². The van der Waals surface area contributed by atoms with E-state index in [1.165, 1.54) is 0 Å². The Morgan fingerprint density at radius 2 is 1.85 bits per heavy atom. The van der Waals surface area contributed by atoms with Crippen LogP contribution in [0.2, 0.25) is 5.02 Å². The molecule has 0 saturated heterocycles. The van der Waals surface area contributed by atoms with Crippen molar-refractivity contribution in [2.75, 3.05) is 5.32 Å². The molecule has 10 heteroatoms. The van der Waals surface area contributed by atoms with Crippen molar-refractivity contribution >= 4 is 23.3 Å². The summed E-state index contributed by atoms with van der Waals surface area (Å²) in [5, 5.41) is 10.2. The molecule has 0 spiro atoms. The van der Waals surface area contributed by atoms with E-state index in [1.807, 2.05) is 30.3 Å². The Morgan fingerprint density at radius 1 is 1.12 bits per heavy atom. The molecule has 3 rings (SSSR count). The van der Waals surface area contributed by atoms with Gasteiger partial charge in [-0.05, 0) is 11.6 Å². The van der Waals surface area contributed by atoms with Crippen LogP contribution < -0.4 is 5.32 Å². The molecule has 0 aliphatic rings. The zero-order valence-corrected chi connectivity index (χ0v) is 14.0. The summed E-state index contributed by atoms with van der Waals surface area (Å²) in [7, 11) is 0. The summed E-state index contributed by atoms with van der Waals surface area (Å²) in [4.78, 5) is 12.0. The van der Waals surface area contributed by atoms with Gasteiger partial charge in [0.15, 0.2) is 11.5 Å². The number of nitrogens with one attached hydrogen (secondary N) is 1. The molecule has 2 aromatic heterocycles. The number of hydrogen-bond acceptors (Lipinski definition) is 3. The smallest absolute Gasteiger partial charge is 0.306 e. The van der Waals surface area contributed by atoms with Gasteiger partial charge in [-0.15, -0.1) is 0 Å². The van der Waals surface area contributed by atoms with Gasteiger partial charge in [0.25, 0.3) is 0 Å². The van der Waals surface area contributed by atoms with Crippen molar-refractivity contribution in [3.05, 3.63) is 65.1 Å². The topological polar surface area (TPSA) is 64.7 Å². The summed E-state index contributed by atoms with van der Waals surface area (Å²) in [6.07, 6.45) is -1.92. The molecule has 0 aliphatic carbocycles. The van der Waals surface area contributed by atoms with Crippen LogP contribution in [-0.4, -0.2) is 25.5 Å². The van der Waals surface area contributed by atoms with Crippen molar-refractivity contribution < 1.29 is 18.0 Å². The van der Waals surface area contributed by atoms with Gasteiger partial charge in [0, 0.05) is 12.4 Å². The van der Waals surface area contributed by atoms with E-state index in [2.05, 4.69) is 15.5 Å². The second-order valence-corrected chi connectivity index (χ2v) is 5.86. The van der Waals surface area contributed by atoms with Crippen LogP contribution in [0.5, 0.6) is 0 Å². The van der Waals surface area contributed by atoms with Crippen molar-refractivity contribution in [1.29, 1.82) is 0 Å². The van der Waals surface area contributed by atoms with Gasteiger partial charge in [0.2, 0.25) is 5.91 Å². The predicted molar refractivity (Wildman–Crippen MR) is 88.6 cm³/mol. The quantitative estimate of drug-likeness (QED) is 0.734. The zero-order valence-electron chi connectivity index (χ0n) is 13.2. The molecule has 136 valence electrons. The lowest BCUT2D eigenvalue weighted by atomic mass is 10.2. The minimum Gasteiger partial charge on any atom is -0.306 e. The number of rotatable bonds is 5. The third kappa shape index (κ3) is 4.42. The van der Waals surface area contributed by atoms with Gasteiger partial charge in [-0.3, -0.25) is 14.2 Å². The Labute approximate surface area is 151 Å². The summed E-state index contributed by atoms with van der Waals surface area (Å²) in [6.45, 7) is 0.0719. The first kappa shape index (κ1) is 18.0. The monoisotopic (exact) mass is 383 g/mol. The molecule has 0 bridgehead atoms. The lowest BCUT2D eigenvalue weighted by Gasteiger charge is -2.04. The number of aromatic nitrogens is 4. The van der Waals surface area contributed by atoms with Crippen molar-refractivity contribution in [3.63, 3.8) is 0 Å². The summed E-state index contributed by atoms with van der Waals surface area (Å²) in [5.41, 5.74) is -0.0590. The van der Waals surface area contributed by atoms with Gasteiger partial charge in [-0.25, -0.2) is 0 Å². The van der Waals surface area contributed by atoms with Gasteiger partial charge >= 0.3 is 6.18 Å². The van der Waals surface area contributed by atoms with Crippen LogP contribution in [0.25, 0.3) is 0 Å². The van der Waals surface area contributed by atoms with Crippen molar-refractivity contribution in [3.8, 4) is 0 Å². The first-order chi connectivity index (χ1) is 12.3. The Kier molecular flexibility index (Phi) is 4.99. The van der Waals surface area contributed by atoms with Crippen molar-refractivity contribution in [2.24, 2.45) is 0 Å². The summed E-state index contributed by atoms with van der Waals surface area (Å²) in [5.74, 6) is -0.454. The fourth-order valence-corrected chi connectivity index (χ4v) is 2.45. The molecule has 6 nitrogen and oxygen atoms in total. The largest absolute Gasteiger partial charge is 0.435 e. The second kappa shape index (κ2) is 7.20. The number of benzene rings is 1. The maximum Gasteiger partial charge on any atom is 0.435 e. The molecule has 1 amide bonds. The predicted octanol–water partition coefficient (Wildman–Crippen LogP) is 3.44. The number of anilines is 1. The van der Waals surface area contributed by atoms with Crippen LogP contribution in [-0.2, 0) is 24.1 Å². The number of amides is 1. The highest BCUT2D eigenvalue weighted by atomic mass is 35.5. The van der Waals surface area contributed by atoms with Crippen molar-refractivity contribution in [2.45, 2.75) is 19.3 Å². The Balaban J connectivity index is 1.63. The highest BCUT2D eigenvalue weighted by molar-refractivity contribution is 6.33. The van der Waals surface area contributed by atoms with E-state index in [-0.39, 0.29) is 10.8 Å². The summed E-state index contributed by atoms with van der Waals surface area (Å²) >= 11 is 6.05. The van der Waals surface area contributed by atoms with Crippen LogP contribution >= 0.6 is 11.6 Å². The lowest BCUT2D eigenvalue weighted by Crippen LogP contribution is -2.20. The molecule has 0 fully saturated rings. The molecule has 0 saturated carbocycles. The van der Waals surface area contributed by atoms with E-state index in [1.54, 1.807) is 10.9 Å². The first-order valence-electron chi connectivity index (χ1n) is 7.48. The molecule has 0 radical (unpaired) electrons. The van der Waals surface area contributed by atoms with E-state index in [0.717, 1.165) is 22.5 Å². The maximum atomic E-state index is 12.5. The molecule has 0 aliphatic heterocycles. The van der Waals surface area contributed by atoms with Crippen LogP contribution in [0.3, 0.4) is 0 Å². The molecule has 2 heterocycles. The maximum absolute atomic E-state index is 12.5.